The van der Waals surface area contributed by atoms with Crippen LogP contribution in [0.4, 0.5) is 17.1 Å². The zero-order valence-electron chi connectivity index (χ0n) is 6.82. The van der Waals surface area contributed by atoms with Gasteiger partial charge in [0.2, 0.25) is 10.0 Å². The number of hydrogen-bond acceptors (Lipinski definition) is 4. The van der Waals surface area contributed by atoms with Crippen molar-refractivity contribution in [2.75, 3.05) is 5.75 Å². The molecule has 0 saturated carbocycles. The molecule has 15 heavy (non-hydrogen) atoms. The molecule has 0 aromatic carbocycles. The summed E-state index contributed by atoms with van der Waals surface area (Å²) in [6.45, 7) is 0. The number of rotatable bonds is 4. The third-order valence-electron chi connectivity index (χ3n) is 0.849. The molecule has 0 amide bonds. The molecule has 11 heteroatoms. The van der Waals surface area contributed by atoms with Crippen LogP contribution in [0.1, 0.15) is 0 Å². The molecule has 0 unspecified atom stereocenters. The molecule has 1 N–H and O–H groups in total. The van der Waals surface area contributed by atoms with Gasteiger partial charge in [-0.15, -0.1) is 0 Å². The van der Waals surface area contributed by atoms with Crippen molar-refractivity contribution in [3.63, 3.8) is 0 Å². The summed E-state index contributed by atoms with van der Waals surface area (Å²) in [5.41, 5.74) is 0. The van der Waals surface area contributed by atoms with Crippen molar-refractivity contribution in [2.45, 2.75) is 6.18 Å². The highest BCUT2D eigenvalue weighted by Gasteiger charge is 2.23. The largest absolute Gasteiger partial charge is 0.409 e. The fourth-order valence-electron chi connectivity index (χ4n) is 0.494. The van der Waals surface area contributed by atoms with E-state index in [1.165, 1.54) is 0 Å². The topological polar surface area (TPSA) is 80.3 Å². The quantitative estimate of drug-likeness (QED) is 0.451. The summed E-state index contributed by atoms with van der Waals surface area (Å²) in [5.74, 6) is -1.30. The van der Waals surface area contributed by atoms with Crippen LogP contribution in [0.15, 0.2) is 12.2 Å². The van der Waals surface area contributed by atoms with Gasteiger partial charge in [0, 0.05) is 6.08 Å². The van der Waals surface area contributed by atoms with E-state index in [1.807, 2.05) is 0 Å². The molecule has 0 rings (SSSR count). The molecule has 5 nitrogen and oxygen atoms in total. The zero-order chi connectivity index (χ0) is 12.3. The van der Waals surface area contributed by atoms with Gasteiger partial charge in [-0.2, -0.15) is 21.6 Å². The summed E-state index contributed by atoms with van der Waals surface area (Å²) < 4.78 is 87.5. The van der Waals surface area contributed by atoms with Crippen LogP contribution >= 0.6 is 0 Å². The maximum Gasteiger partial charge on any atom is 0.409 e. The van der Waals surface area contributed by atoms with Gasteiger partial charge in [0.1, 0.15) is 0 Å². The van der Waals surface area contributed by atoms with Crippen molar-refractivity contribution in [2.24, 2.45) is 0 Å². The minimum absolute atomic E-state index is 0.146. The van der Waals surface area contributed by atoms with Gasteiger partial charge in [0.25, 0.3) is 0 Å². The molecule has 0 aliphatic rings. The van der Waals surface area contributed by atoms with Crippen molar-refractivity contribution in [3.8, 4) is 0 Å². The van der Waals surface area contributed by atoms with Crippen LogP contribution in [0.2, 0.25) is 0 Å². The summed E-state index contributed by atoms with van der Waals surface area (Å²) in [5, 5.41) is 0. The summed E-state index contributed by atoms with van der Waals surface area (Å²) in [7, 11) is -10.2. The predicted octanol–water partition coefficient (Wildman–Crippen LogP) is 0.239. The lowest BCUT2D eigenvalue weighted by Gasteiger charge is -1.99. The second kappa shape index (κ2) is 4.45. The Kier molecular flexibility index (Phi) is 4.25. The Balaban J connectivity index is 4.50. The van der Waals surface area contributed by atoms with E-state index in [9.17, 15) is 33.9 Å². The second-order valence-corrected chi connectivity index (χ2v) is 5.35. The van der Waals surface area contributed by atoms with Crippen LogP contribution in [0.3, 0.4) is 0 Å². The number of nitrogens with one attached hydrogen (secondary N) is 1. The van der Waals surface area contributed by atoms with Crippen LogP contribution in [0.5, 0.6) is 0 Å². The Labute approximate surface area is 83.2 Å². The van der Waals surface area contributed by atoms with Crippen molar-refractivity contribution in [1.29, 1.82) is 0 Å². The molecule has 0 bridgehead atoms. The Morgan fingerprint density at radius 3 is 1.93 bits per heavy atom. The molecule has 0 fully saturated rings. The summed E-state index contributed by atoms with van der Waals surface area (Å²) in [6, 6.07) is 0. The zero-order valence-corrected chi connectivity index (χ0v) is 8.46. The molecule has 0 radical (unpaired) electrons. The van der Waals surface area contributed by atoms with Crippen LogP contribution in [-0.2, 0) is 20.4 Å². The molecule has 0 saturated heterocycles. The first-order valence-electron chi connectivity index (χ1n) is 3.12. The maximum absolute atomic E-state index is 11.8. The van der Waals surface area contributed by atoms with E-state index >= 15 is 0 Å². The van der Waals surface area contributed by atoms with Crippen LogP contribution < -0.4 is 4.13 Å². The van der Waals surface area contributed by atoms with E-state index in [1.54, 1.807) is 0 Å². The van der Waals surface area contributed by atoms with E-state index in [0.717, 1.165) is 0 Å². The fraction of sp³-hybridized carbons (Fsp3) is 0.500. The molecule has 0 aromatic rings. The third kappa shape index (κ3) is 9.62. The predicted molar refractivity (Wildman–Crippen MR) is 42.1 cm³/mol. The Hall–Kier alpha value is -0.680. The van der Waals surface area contributed by atoms with Crippen molar-refractivity contribution < 1.29 is 33.9 Å². The molecule has 0 atom stereocenters. The molecule has 0 aliphatic carbocycles. The van der Waals surface area contributed by atoms with Gasteiger partial charge in [-0.05, 0) is 0 Å². The van der Waals surface area contributed by atoms with Crippen molar-refractivity contribution in [3.05, 3.63) is 12.2 Å². The minimum Gasteiger partial charge on any atom is -0.211 e. The van der Waals surface area contributed by atoms with E-state index in [-0.39, 0.29) is 6.08 Å². The van der Waals surface area contributed by atoms with E-state index in [2.05, 4.69) is 0 Å². The molecular weight excluding hydrogens is 266 g/mol. The number of sulfonamides is 1. The van der Waals surface area contributed by atoms with E-state index in [0.29, 0.717) is 4.13 Å². The lowest BCUT2D eigenvalue weighted by atomic mass is 10.5. The molecule has 0 aromatic heterocycles. The highest BCUT2D eigenvalue weighted by atomic mass is 32.3. The van der Waals surface area contributed by atoms with Gasteiger partial charge >= 0.3 is 16.6 Å². The normalized spacial score (nSPS) is 14.7. The molecule has 90 valence electrons. The SMILES string of the molecule is O=S(=O)(F)NS(=O)(=O)CC=CC(F)(F)F. The average molecular weight is 271 g/mol. The minimum atomic E-state index is -5.50. The summed E-state index contributed by atoms with van der Waals surface area (Å²) in [4.78, 5) is 0. The van der Waals surface area contributed by atoms with E-state index < -0.39 is 38.4 Å². The monoisotopic (exact) mass is 271 g/mol. The van der Waals surface area contributed by atoms with Crippen molar-refractivity contribution in [1.82, 2.24) is 4.13 Å². The number of alkyl halides is 3. The standard InChI is InChI=1S/C4H5F4NO4S2/c5-4(6,7)2-1-3-14(10,11)9-15(8,12)13/h1-2,9H,3H2. The van der Waals surface area contributed by atoms with Crippen LogP contribution in [0.25, 0.3) is 0 Å². The van der Waals surface area contributed by atoms with Gasteiger partial charge < -0.3 is 0 Å². The molecular formula is C4H5F4NO4S2. The van der Waals surface area contributed by atoms with Gasteiger partial charge in [0.05, 0.1) is 5.75 Å². The first kappa shape index (κ1) is 14.3. The first-order valence-corrected chi connectivity index (χ1v) is 6.15. The van der Waals surface area contributed by atoms with Gasteiger partial charge in [-0.3, -0.25) is 0 Å². The highest BCUT2D eigenvalue weighted by molar-refractivity contribution is 8.02. The fourth-order valence-corrected chi connectivity index (χ4v) is 2.33. The van der Waals surface area contributed by atoms with Gasteiger partial charge in [-0.25, -0.2) is 8.42 Å². The third-order valence-corrected chi connectivity index (χ3v) is 3.29. The lowest BCUT2D eigenvalue weighted by molar-refractivity contribution is -0.0799. The highest BCUT2D eigenvalue weighted by Crippen LogP contribution is 2.15. The average Bonchev–Trinajstić information content (AvgIpc) is 1.75. The number of hydrogen-bond donors (Lipinski definition) is 1. The van der Waals surface area contributed by atoms with E-state index in [4.69, 9.17) is 0 Å². The molecule has 0 aliphatic heterocycles. The smallest absolute Gasteiger partial charge is 0.211 e. The van der Waals surface area contributed by atoms with Crippen LogP contribution in [-0.4, -0.2) is 28.8 Å². The first-order chi connectivity index (χ1) is 6.41. The second-order valence-electron chi connectivity index (χ2n) is 2.25. The molecule has 0 spiro atoms. The van der Waals surface area contributed by atoms with Crippen LogP contribution in [0, 0.1) is 0 Å². The Bertz CT molecular complexity index is 434. The molecule has 0 heterocycles. The summed E-state index contributed by atoms with van der Waals surface area (Å²) in [6.07, 6.45) is -4.98. The summed E-state index contributed by atoms with van der Waals surface area (Å²) >= 11 is 0. The van der Waals surface area contributed by atoms with Crippen molar-refractivity contribution >= 4 is 20.4 Å². The maximum atomic E-state index is 11.8. The van der Waals surface area contributed by atoms with Gasteiger partial charge in [-0.1, -0.05) is 14.1 Å². The van der Waals surface area contributed by atoms with Gasteiger partial charge in [0.15, 0.2) is 0 Å². The Morgan fingerprint density at radius 1 is 1.13 bits per heavy atom. The number of halogens is 4. The Morgan fingerprint density at radius 2 is 1.60 bits per heavy atom. The lowest BCUT2D eigenvalue weighted by Crippen LogP contribution is -2.29. The number of allylic oxidation sites excluding steroid dienone is 1.